The zero-order valence-electron chi connectivity index (χ0n) is 15.5. The average Bonchev–Trinajstić information content (AvgIpc) is 3.45. The summed E-state index contributed by atoms with van der Waals surface area (Å²) >= 11 is 12.2. The van der Waals surface area contributed by atoms with E-state index in [1.807, 2.05) is 13.0 Å². The first kappa shape index (κ1) is 19.4. The number of aromatic nitrogens is 3. The summed E-state index contributed by atoms with van der Waals surface area (Å²) in [5.41, 5.74) is 1.61. The van der Waals surface area contributed by atoms with Crippen LogP contribution in [0, 0.1) is 6.92 Å². The minimum absolute atomic E-state index is 0.226. The van der Waals surface area contributed by atoms with Crippen LogP contribution in [0.1, 0.15) is 28.9 Å². The molecule has 4 rings (SSSR count). The van der Waals surface area contributed by atoms with Crippen molar-refractivity contribution in [3.63, 3.8) is 0 Å². The second-order valence-electron chi connectivity index (χ2n) is 6.74. The van der Waals surface area contributed by atoms with Gasteiger partial charge >= 0.3 is 0 Å². The van der Waals surface area contributed by atoms with Gasteiger partial charge in [-0.1, -0.05) is 29.3 Å². The molecule has 1 saturated carbocycles. The highest BCUT2D eigenvalue weighted by molar-refractivity contribution is 6.40. The summed E-state index contributed by atoms with van der Waals surface area (Å²) in [4.78, 5) is 25.7. The van der Waals surface area contributed by atoms with Crippen LogP contribution in [0.3, 0.4) is 0 Å². The molecule has 7 nitrogen and oxygen atoms in total. The van der Waals surface area contributed by atoms with Crippen molar-refractivity contribution in [2.75, 3.05) is 16.0 Å². The maximum Gasteiger partial charge on any atom is 0.258 e. The number of hydrogen-bond donors (Lipinski definition) is 3. The monoisotopic (exact) mass is 428 g/mol. The Balaban J connectivity index is 1.50. The van der Waals surface area contributed by atoms with Crippen molar-refractivity contribution in [2.45, 2.75) is 25.8 Å². The normalized spacial score (nSPS) is 13.1. The fourth-order valence-corrected chi connectivity index (χ4v) is 3.29. The molecule has 0 radical (unpaired) electrons. The number of nitrogens with zero attached hydrogens (tertiary/aromatic N) is 3. The predicted octanol–water partition coefficient (Wildman–Crippen LogP) is 5.06. The molecule has 1 fully saturated rings. The van der Waals surface area contributed by atoms with Gasteiger partial charge in [-0.3, -0.25) is 4.79 Å². The van der Waals surface area contributed by atoms with Crippen LogP contribution >= 0.6 is 23.2 Å². The van der Waals surface area contributed by atoms with Gasteiger partial charge in [0, 0.05) is 35.8 Å². The van der Waals surface area contributed by atoms with E-state index in [0.29, 0.717) is 29.3 Å². The van der Waals surface area contributed by atoms with E-state index in [9.17, 15) is 4.79 Å². The largest absolute Gasteiger partial charge is 0.351 e. The number of aryl methyl sites for hydroxylation is 1. The summed E-state index contributed by atoms with van der Waals surface area (Å²) in [7, 11) is 0. The molecule has 1 aromatic carbocycles. The van der Waals surface area contributed by atoms with Crippen LogP contribution in [0.15, 0.2) is 42.6 Å². The number of carbonyl (C=O) groups is 1. The molecule has 2 aromatic heterocycles. The molecule has 148 valence electrons. The summed E-state index contributed by atoms with van der Waals surface area (Å²) in [6, 6.07) is 10.6. The quantitative estimate of drug-likeness (QED) is 0.508. The lowest BCUT2D eigenvalue weighted by Gasteiger charge is -2.11. The number of amides is 1. The lowest BCUT2D eigenvalue weighted by Crippen LogP contribution is -2.13. The summed E-state index contributed by atoms with van der Waals surface area (Å²) in [5.74, 6) is 1.34. The van der Waals surface area contributed by atoms with E-state index in [2.05, 4.69) is 30.9 Å². The van der Waals surface area contributed by atoms with Crippen molar-refractivity contribution >= 4 is 52.4 Å². The van der Waals surface area contributed by atoms with Gasteiger partial charge in [0.25, 0.3) is 5.91 Å². The van der Waals surface area contributed by atoms with Crippen LogP contribution in [0.4, 0.5) is 23.3 Å². The summed E-state index contributed by atoms with van der Waals surface area (Å²) < 4.78 is 0. The third-order valence-corrected chi connectivity index (χ3v) is 4.86. The molecule has 0 bridgehead atoms. The molecule has 0 aliphatic heterocycles. The average molecular weight is 429 g/mol. The van der Waals surface area contributed by atoms with Crippen LogP contribution in [-0.2, 0) is 0 Å². The molecule has 0 unspecified atom stereocenters. The number of halogens is 2. The standard InChI is InChI=1S/C20H18Cl2N6O/c1-11-9-17(28-20(24-11)26-12-5-6-12)27-16-10-13(7-8-23-16)25-19(29)18-14(21)3-2-4-15(18)22/h2-4,7-10,12H,5-6H2,1H3,(H3,23,24,25,26,27,28,29). The molecule has 1 aliphatic carbocycles. The number of pyridine rings is 1. The maximum atomic E-state index is 12.6. The number of rotatable bonds is 6. The molecule has 2 heterocycles. The molecule has 3 N–H and O–H groups in total. The highest BCUT2D eigenvalue weighted by Crippen LogP contribution is 2.26. The molecular weight excluding hydrogens is 411 g/mol. The van der Waals surface area contributed by atoms with Crippen LogP contribution in [0.5, 0.6) is 0 Å². The van der Waals surface area contributed by atoms with E-state index in [0.717, 1.165) is 18.5 Å². The number of nitrogens with one attached hydrogen (secondary N) is 3. The third kappa shape index (κ3) is 4.93. The number of carbonyl (C=O) groups excluding carboxylic acids is 1. The highest BCUT2D eigenvalue weighted by Gasteiger charge is 2.22. The Kier molecular flexibility index (Phi) is 5.51. The van der Waals surface area contributed by atoms with Gasteiger partial charge in [0.05, 0.1) is 15.6 Å². The minimum Gasteiger partial charge on any atom is -0.351 e. The number of anilines is 4. The molecule has 1 amide bonds. The topological polar surface area (TPSA) is 91.8 Å². The Morgan fingerprint density at radius 2 is 1.83 bits per heavy atom. The van der Waals surface area contributed by atoms with Crippen molar-refractivity contribution in [3.8, 4) is 0 Å². The van der Waals surface area contributed by atoms with Crippen LogP contribution in [0.2, 0.25) is 10.0 Å². The summed E-state index contributed by atoms with van der Waals surface area (Å²) in [5, 5.41) is 9.80. The second kappa shape index (κ2) is 8.23. The zero-order chi connectivity index (χ0) is 20.4. The fourth-order valence-electron chi connectivity index (χ4n) is 2.72. The van der Waals surface area contributed by atoms with Gasteiger partial charge in [0.15, 0.2) is 0 Å². The smallest absolute Gasteiger partial charge is 0.258 e. The molecular formula is C20H18Cl2N6O. The van der Waals surface area contributed by atoms with E-state index < -0.39 is 5.91 Å². The molecule has 9 heteroatoms. The number of benzene rings is 1. The van der Waals surface area contributed by atoms with Gasteiger partial charge in [-0.05, 0) is 38.0 Å². The van der Waals surface area contributed by atoms with Gasteiger partial charge in [-0.25, -0.2) is 9.97 Å². The Hall–Kier alpha value is -2.90. The Morgan fingerprint density at radius 1 is 1.07 bits per heavy atom. The maximum absolute atomic E-state index is 12.6. The first-order chi connectivity index (χ1) is 14.0. The van der Waals surface area contributed by atoms with Crippen molar-refractivity contribution in [3.05, 3.63) is 63.9 Å². The van der Waals surface area contributed by atoms with Crippen LogP contribution in [0.25, 0.3) is 0 Å². The Labute approximate surface area is 177 Å². The van der Waals surface area contributed by atoms with Crippen LogP contribution < -0.4 is 16.0 Å². The lowest BCUT2D eigenvalue weighted by molar-refractivity contribution is 0.102. The lowest BCUT2D eigenvalue weighted by atomic mass is 10.2. The summed E-state index contributed by atoms with van der Waals surface area (Å²) in [6.07, 6.45) is 3.86. The SMILES string of the molecule is Cc1cc(Nc2cc(NC(=O)c3c(Cl)cccc3Cl)ccn2)nc(NC2CC2)n1. The van der Waals surface area contributed by atoms with Crippen molar-refractivity contribution in [1.82, 2.24) is 15.0 Å². The van der Waals surface area contributed by atoms with Gasteiger partial charge in [0.2, 0.25) is 5.95 Å². The van der Waals surface area contributed by atoms with Gasteiger partial charge in [-0.2, -0.15) is 4.98 Å². The molecule has 1 aliphatic rings. The van der Waals surface area contributed by atoms with Gasteiger partial charge < -0.3 is 16.0 Å². The van der Waals surface area contributed by atoms with Gasteiger partial charge in [0.1, 0.15) is 11.6 Å². The minimum atomic E-state index is -0.397. The molecule has 29 heavy (non-hydrogen) atoms. The first-order valence-electron chi connectivity index (χ1n) is 9.08. The van der Waals surface area contributed by atoms with Crippen molar-refractivity contribution in [2.24, 2.45) is 0 Å². The second-order valence-corrected chi connectivity index (χ2v) is 7.56. The van der Waals surface area contributed by atoms with E-state index >= 15 is 0 Å². The third-order valence-electron chi connectivity index (χ3n) is 4.23. The highest BCUT2D eigenvalue weighted by atomic mass is 35.5. The molecule has 0 saturated heterocycles. The summed E-state index contributed by atoms with van der Waals surface area (Å²) in [6.45, 7) is 1.91. The van der Waals surface area contributed by atoms with Crippen LogP contribution in [-0.4, -0.2) is 26.9 Å². The van der Waals surface area contributed by atoms with E-state index in [1.165, 1.54) is 0 Å². The Bertz CT molecular complexity index is 1050. The molecule has 0 spiro atoms. The van der Waals surface area contributed by atoms with E-state index in [-0.39, 0.29) is 15.6 Å². The molecule has 3 aromatic rings. The molecule has 0 atom stereocenters. The van der Waals surface area contributed by atoms with Crippen molar-refractivity contribution < 1.29 is 4.79 Å². The van der Waals surface area contributed by atoms with E-state index in [1.54, 1.807) is 36.5 Å². The predicted molar refractivity (Wildman–Crippen MR) is 115 cm³/mol. The van der Waals surface area contributed by atoms with Crippen molar-refractivity contribution in [1.29, 1.82) is 0 Å². The van der Waals surface area contributed by atoms with E-state index in [4.69, 9.17) is 23.2 Å². The first-order valence-corrected chi connectivity index (χ1v) is 9.84. The Morgan fingerprint density at radius 3 is 2.55 bits per heavy atom. The fraction of sp³-hybridized carbons (Fsp3) is 0.200. The number of hydrogen-bond acceptors (Lipinski definition) is 6. The van der Waals surface area contributed by atoms with Gasteiger partial charge in [-0.15, -0.1) is 0 Å². The zero-order valence-corrected chi connectivity index (χ0v) is 17.1.